The van der Waals surface area contributed by atoms with Gasteiger partial charge in [0, 0.05) is 11.3 Å². The van der Waals surface area contributed by atoms with Crippen molar-refractivity contribution in [2.24, 2.45) is 10.9 Å². The van der Waals surface area contributed by atoms with Gasteiger partial charge in [-0.15, -0.1) is 11.3 Å². The first-order chi connectivity index (χ1) is 10.4. The van der Waals surface area contributed by atoms with E-state index in [9.17, 15) is 4.79 Å². The summed E-state index contributed by atoms with van der Waals surface area (Å²) in [6.07, 6.45) is 0.480. The highest BCUT2D eigenvalue weighted by molar-refractivity contribution is 7.10. The van der Waals surface area contributed by atoms with E-state index in [0.29, 0.717) is 12.0 Å². The number of nitrogens with zero attached hydrogens (tertiary/aromatic N) is 1. The predicted molar refractivity (Wildman–Crippen MR) is 90.2 cm³/mol. The van der Waals surface area contributed by atoms with Gasteiger partial charge < -0.3 is 10.6 Å². The van der Waals surface area contributed by atoms with Crippen LogP contribution in [-0.4, -0.2) is 11.8 Å². The van der Waals surface area contributed by atoms with Crippen LogP contribution < -0.4 is 5.73 Å². The Balaban J connectivity index is 1.97. The van der Waals surface area contributed by atoms with Gasteiger partial charge in [-0.3, -0.25) is 0 Å². The van der Waals surface area contributed by atoms with Crippen molar-refractivity contribution < 1.29 is 9.63 Å². The largest absolute Gasteiger partial charge is 0.384 e. The van der Waals surface area contributed by atoms with Crippen LogP contribution in [-0.2, 0) is 16.7 Å². The number of rotatable bonds is 4. The quantitative estimate of drug-likeness (QED) is 0.405. The highest BCUT2D eigenvalue weighted by Crippen LogP contribution is 2.22. The first kappa shape index (κ1) is 16.2. The minimum absolute atomic E-state index is 0.0473. The lowest BCUT2D eigenvalue weighted by atomic mass is 9.87. The fourth-order valence-corrected chi connectivity index (χ4v) is 2.60. The van der Waals surface area contributed by atoms with E-state index < -0.39 is 5.97 Å². The number of carbonyl (C=O) groups excluding carboxylic acids is 1. The van der Waals surface area contributed by atoms with Crippen LogP contribution in [0.2, 0.25) is 0 Å². The van der Waals surface area contributed by atoms with E-state index in [1.54, 1.807) is 23.5 Å². The van der Waals surface area contributed by atoms with Crippen LogP contribution >= 0.6 is 11.3 Å². The Kier molecular flexibility index (Phi) is 4.98. The van der Waals surface area contributed by atoms with Crippen molar-refractivity contribution >= 4 is 23.1 Å². The van der Waals surface area contributed by atoms with Crippen molar-refractivity contribution in [1.29, 1.82) is 0 Å². The number of benzene rings is 1. The molecule has 2 aromatic rings. The van der Waals surface area contributed by atoms with Crippen molar-refractivity contribution in [3.8, 4) is 0 Å². The molecule has 0 atom stereocenters. The third-order valence-electron chi connectivity index (χ3n) is 3.17. The summed E-state index contributed by atoms with van der Waals surface area (Å²) >= 11 is 1.58. The van der Waals surface area contributed by atoms with Gasteiger partial charge in [0.05, 0.1) is 5.56 Å². The molecule has 4 nitrogen and oxygen atoms in total. The summed E-state index contributed by atoms with van der Waals surface area (Å²) in [6.45, 7) is 6.36. The lowest BCUT2D eigenvalue weighted by molar-refractivity contribution is 0.0515. The average molecular weight is 316 g/mol. The molecule has 0 saturated heterocycles. The molecule has 0 spiro atoms. The Morgan fingerprint density at radius 2 is 1.91 bits per heavy atom. The zero-order chi connectivity index (χ0) is 16.2. The Hall–Kier alpha value is -2.14. The van der Waals surface area contributed by atoms with Crippen LogP contribution in [0, 0.1) is 0 Å². The molecule has 1 aromatic carbocycles. The summed E-state index contributed by atoms with van der Waals surface area (Å²) in [5, 5.41) is 5.66. The van der Waals surface area contributed by atoms with Gasteiger partial charge in [-0.1, -0.05) is 44.1 Å². The van der Waals surface area contributed by atoms with Gasteiger partial charge >= 0.3 is 5.97 Å². The van der Waals surface area contributed by atoms with Crippen molar-refractivity contribution in [3.05, 3.63) is 57.8 Å². The first-order valence-electron chi connectivity index (χ1n) is 7.03. The molecule has 0 bridgehead atoms. The number of hydrogen-bond acceptors (Lipinski definition) is 4. The maximum Gasteiger partial charge on any atom is 0.365 e. The van der Waals surface area contributed by atoms with Crippen molar-refractivity contribution in [1.82, 2.24) is 0 Å². The minimum atomic E-state index is -0.505. The van der Waals surface area contributed by atoms with Crippen molar-refractivity contribution in [3.63, 3.8) is 0 Å². The number of thiophene rings is 1. The number of amidine groups is 1. The third kappa shape index (κ3) is 4.43. The van der Waals surface area contributed by atoms with Crippen LogP contribution in [0.4, 0.5) is 0 Å². The Labute approximate surface area is 134 Å². The van der Waals surface area contributed by atoms with Gasteiger partial charge in [0.25, 0.3) is 0 Å². The zero-order valence-corrected chi connectivity index (χ0v) is 13.8. The standard InChI is InChI=1S/C17H20N2O2S/c1-17(2,3)13-8-6-12(7-9-13)16(20)21-19-15(18)11-14-5-4-10-22-14/h4-10H,11H2,1-3H3,(H2,18,19). The summed E-state index contributed by atoms with van der Waals surface area (Å²) in [4.78, 5) is 17.9. The smallest absolute Gasteiger partial charge is 0.365 e. The SMILES string of the molecule is CC(C)(C)c1ccc(C(=O)O/N=C(/N)Cc2cccs2)cc1. The lowest BCUT2D eigenvalue weighted by Crippen LogP contribution is -2.16. The molecule has 5 heteroatoms. The molecule has 0 aliphatic carbocycles. The van der Waals surface area contributed by atoms with Crippen molar-refractivity contribution in [2.45, 2.75) is 32.6 Å². The number of oxime groups is 1. The van der Waals surface area contributed by atoms with Crippen LogP contribution in [0.25, 0.3) is 0 Å². The van der Waals surface area contributed by atoms with E-state index in [4.69, 9.17) is 10.6 Å². The number of nitrogens with two attached hydrogens (primary N) is 1. The number of hydrogen-bond donors (Lipinski definition) is 1. The van der Waals surface area contributed by atoms with Crippen LogP contribution in [0.15, 0.2) is 46.9 Å². The van der Waals surface area contributed by atoms with Crippen LogP contribution in [0.5, 0.6) is 0 Å². The minimum Gasteiger partial charge on any atom is -0.384 e. The van der Waals surface area contributed by atoms with E-state index >= 15 is 0 Å². The fourth-order valence-electron chi connectivity index (χ4n) is 1.88. The molecule has 22 heavy (non-hydrogen) atoms. The summed E-state index contributed by atoms with van der Waals surface area (Å²) in [7, 11) is 0. The Morgan fingerprint density at radius 1 is 1.23 bits per heavy atom. The van der Waals surface area contributed by atoms with Gasteiger partial charge in [-0.25, -0.2) is 4.79 Å². The van der Waals surface area contributed by atoms with E-state index in [-0.39, 0.29) is 11.3 Å². The molecule has 116 valence electrons. The molecule has 0 fully saturated rings. The highest BCUT2D eigenvalue weighted by Gasteiger charge is 2.15. The molecule has 0 saturated carbocycles. The van der Waals surface area contributed by atoms with E-state index in [0.717, 1.165) is 10.4 Å². The first-order valence-corrected chi connectivity index (χ1v) is 7.91. The summed E-state index contributed by atoms with van der Waals surface area (Å²) in [6, 6.07) is 11.2. The second-order valence-corrected chi connectivity index (χ2v) is 7.08. The molecular weight excluding hydrogens is 296 g/mol. The van der Waals surface area contributed by atoms with E-state index in [1.807, 2.05) is 29.6 Å². The normalized spacial score (nSPS) is 12.2. The topological polar surface area (TPSA) is 64.7 Å². The van der Waals surface area contributed by atoms with Crippen molar-refractivity contribution in [2.75, 3.05) is 0 Å². The van der Waals surface area contributed by atoms with Gasteiger partial charge in [-0.05, 0) is 34.6 Å². The second-order valence-electron chi connectivity index (χ2n) is 6.04. The molecular formula is C17H20N2O2S. The summed E-state index contributed by atoms with van der Waals surface area (Å²) in [5.41, 5.74) is 7.42. The van der Waals surface area contributed by atoms with Gasteiger partial charge in [-0.2, -0.15) is 0 Å². The Morgan fingerprint density at radius 3 is 2.45 bits per heavy atom. The molecule has 1 aromatic heterocycles. The monoisotopic (exact) mass is 316 g/mol. The average Bonchev–Trinajstić information content (AvgIpc) is 2.97. The summed E-state index contributed by atoms with van der Waals surface area (Å²) in [5.74, 6) is -0.225. The lowest BCUT2D eigenvalue weighted by Gasteiger charge is -2.18. The van der Waals surface area contributed by atoms with Gasteiger partial charge in [0.2, 0.25) is 0 Å². The van der Waals surface area contributed by atoms with Crippen LogP contribution in [0.3, 0.4) is 0 Å². The predicted octanol–water partition coefficient (Wildman–Crippen LogP) is 3.72. The zero-order valence-electron chi connectivity index (χ0n) is 13.0. The molecule has 0 aliphatic heterocycles. The van der Waals surface area contributed by atoms with Gasteiger partial charge in [0.15, 0.2) is 0 Å². The highest BCUT2D eigenvalue weighted by atomic mass is 32.1. The second kappa shape index (κ2) is 6.75. The maximum atomic E-state index is 11.9. The molecule has 1 heterocycles. The van der Waals surface area contributed by atoms with E-state index in [1.165, 1.54) is 0 Å². The van der Waals surface area contributed by atoms with Crippen LogP contribution in [0.1, 0.15) is 41.6 Å². The fraction of sp³-hybridized carbons (Fsp3) is 0.294. The third-order valence-corrected chi connectivity index (χ3v) is 4.04. The molecule has 0 amide bonds. The summed E-state index contributed by atoms with van der Waals surface area (Å²) < 4.78 is 0. The maximum absolute atomic E-state index is 11.9. The molecule has 2 N–H and O–H groups in total. The molecule has 0 radical (unpaired) electrons. The molecule has 0 aliphatic rings. The number of carbonyl (C=O) groups is 1. The molecule has 0 unspecified atom stereocenters. The van der Waals surface area contributed by atoms with Gasteiger partial charge in [0.1, 0.15) is 5.84 Å². The molecule has 2 rings (SSSR count). The Bertz CT molecular complexity index is 653. The van der Waals surface area contributed by atoms with E-state index in [2.05, 4.69) is 25.9 Å².